The molecule has 3 aromatic rings. The van der Waals surface area contributed by atoms with Crippen LogP contribution in [0.4, 0.5) is 0 Å². The number of ether oxygens (including phenoxy) is 6. The van der Waals surface area contributed by atoms with Crippen LogP contribution in [-0.2, 0) is 9.47 Å². The number of hydrogen-bond donors (Lipinski definition) is 0. The van der Waals surface area contributed by atoms with Gasteiger partial charge in [0.25, 0.3) is 0 Å². The highest BCUT2D eigenvalue weighted by Crippen LogP contribution is 2.59. The average Bonchev–Trinajstić information content (AvgIpc) is 3.43. The van der Waals surface area contributed by atoms with Gasteiger partial charge >= 0.3 is 0 Å². The highest BCUT2D eigenvalue weighted by atomic mass is 28.4. The van der Waals surface area contributed by atoms with Crippen molar-refractivity contribution >= 4 is 16.6 Å². The Labute approximate surface area is 271 Å². The zero-order valence-electron chi connectivity index (χ0n) is 29.0. The van der Waals surface area contributed by atoms with Crippen molar-refractivity contribution in [1.82, 2.24) is 0 Å². The van der Waals surface area contributed by atoms with E-state index in [4.69, 9.17) is 37.3 Å². The first-order valence-electron chi connectivity index (χ1n) is 15.3. The lowest BCUT2D eigenvalue weighted by Crippen LogP contribution is -2.43. The molecule has 1 aliphatic rings. The smallest absolute Gasteiger partial charge is 0.250 e. The maximum Gasteiger partial charge on any atom is 0.250 e. The molecular formula is C35H50O8Si2. The summed E-state index contributed by atoms with van der Waals surface area (Å²) in [6.45, 7) is 22.4. The zero-order chi connectivity index (χ0) is 33.2. The van der Waals surface area contributed by atoms with Crippen molar-refractivity contribution in [3.63, 3.8) is 0 Å². The Morgan fingerprint density at radius 2 is 0.911 bits per heavy atom. The molecule has 0 saturated heterocycles. The fourth-order valence-electron chi connectivity index (χ4n) is 4.39. The largest absolute Gasteiger partial charge is 0.544 e. The van der Waals surface area contributed by atoms with Gasteiger partial charge < -0.3 is 37.3 Å². The summed E-state index contributed by atoms with van der Waals surface area (Å²) in [6.07, 6.45) is 0. The molecule has 8 nitrogen and oxygen atoms in total. The van der Waals surface area contributed by atoms with Crippen LogP contribution >= 0.6 is 0 Å². The van der Waals surface area contributed by atoms with E-state index in [0.717, 1.165) is 22.6 Å². The van der Waals surface area contributed by atoms with E-state index in [1.165, 1.54) is 0 Å². The summed E-state index contributed by atoms with van der Waals surface area (Å²) in [5, 5.41) is 0.161. The molecule has 1 heterocycles. The molecule has 10 heteroatoms. The van der Waals surface area contributed by atoms with Gasteiger partial charge in [0, 0.05) is 14.2 Å². The van der Waals surface area contributed by atoms with Gasteiger partial charge in [0.05, 0.1) is 11.1 Å². The summed E-state index contributed by atoms with van der Waals surface area (Å²) in [5.41, 5.74) is 3.12. The van der Waals surface area contributed by atoms with Gasteiger partial charge in [0.1, 0.15) is 11.5 Å². The highest BCUT2D eigenvalue weighted by Gasteiger charge is 2.40. The molecule has 1 aliphatic heterocycles. The Morgan fingerprint density at radius 3 is 1.20 bits per heavy atom. The quantitative estimate of drug-likeness (QED) is 0.141. The summed E-state index contributed by atoms with van der Waals surface area (Å²) in [5.74, 6) is 3.72. The van der Waals surface area contributed by atoms with Gasteiger partial charge in [-0.2, -0.15) is 0 Å². The van der Waals surface area contributed by atoms with Crippen molar-refractivity contribution in [2.45, 2.75) is 77.8 Å². The number of hydrogen-bond acceptors (Lipinski definition) is 8. The van der Waals surface area contributed by atoms with Crippen molar-refractivity contribution in [3.8, 4) is 56.8 Å². The second-order valence-electron chi connectivity index (χ2n) is 14.3. The van der Waals surface area contributed by atoms with Crippen molar-refractivity contribution in [1.29, 1.82) is 0 Å². The average molecular weight is 655 g/mol. The number of benzene rings is 3. The molecule has 0 unspecified atom stereocenters. The molecule has 4 rings (SSSR count). The highest BCUT2D eigenvalue weighted by molar-refractivity contribution is 6.75. The van der Waals surface area contributed by atoms with Crippen LogP contribution in [0, 0.1) is 0 Å². The van der Waals surface area contributed by atoms with E-state index in [-0.39, 0.29) is 30.5 Å². The summed E-state index contributed by atoms with van der Waals surface area (Å²) in [7, 11) is -0.859. The SMILES string of the molecule is COCOc1c(OCOC)c(-c2ccc(O[Si](C)(C)C(C)(C)C)cc2)c2c(c1-c1ccc(O[Si](C)(C)C(C)(C)C)cc1)OCO2. The first-order chi connectivity index (χ1) is 21.0. The lowest BCUT2D eigenvalue weighted by molar-refractivity contribution is 0.0328. The molecule has 246 valence electrons. The minimum absolute atomic E-state index is 0.00127. The molecule has 0 amide bonds. The van der Waals surface area contributed by atoms with E-state index in [1.807, 2.05) is 48.5 Å². The van der Waals surface area contributed by atoms with Crippen LogP contribution in [0.3, 0.4) is 0 Å². The fourth-order valence-corrected chi connectivity index (χ4v) is 6.46. The molecule has 0 spiro atoms. The van der Waals surface area contributed by atoms with Gasteiger partial charge in [-0.15, -0.1) is 0 Å². The van der Waals surface area contributed by atoms with Gasteiger partial charge in [-0.3, -0.25) is 0 Å². The summed E-state index contributed by atoms with van der Waals surface area (Å²) >= 11 is 0. The van der Waals surface area contributed by atoms with Crippen molar-refractivity contribution < 1.29 is 37.3 Å². The van der Waals surface area contributed by atoms with E-state index >= 15 is 0 Å². The van der Waals surface area contributed by atoms with Crippen molar-refractivity contribution in [2.24, 2.45) is 0 Å². The molecule has 0 aromatic heterocycles. The van der Waals surface area contributed by atoms with Gasteiger partial charge in [0.2, 0.25) is 23.4 Å². The lowest BCUT2D eigenvalue weighted by Gasteiger charge is -2.36. The molecule has 0 radical (unpaired) electrons. The van der Waals surface area contributed by atoms with Crippen LogP contribution in [0.25, 0.3) is 22.3 Å². The topological polar surface area (TPSA) is 73.8 Å². The number of methoxy groups -OCH3 is 2. The summed E-state index contributed by atoms with van der Waals surface area (Å²) in [6, 6.07) is 16.0. The minimum Gasteiger partial charge on any atom is -0.544 e. The molecule has 0 saturated carbocycles. The molecule has 0 N–H and O–H groups in total. The maximum atomic E-state index is 6.54. The minimum atomic E-state index is -2.01. The monoisotopic (exact) mass is 654 g/mol. The van der Waals surface area contributed by atoms with Gasteiger partial charge in [0.15, 0.2) is 36.6 Å². The standard InChI is InChI=1S/C35H50O8Si2/c1-34(2,3)44(9,10)42-26-17-13-24(14-18-26)28-30(38-21-36-7)31(39-22-37-8)29(33-32(28)40-23-41-33)25-15-19-27(20-16-25)43-45(11,12)35(4,5)6/h13-20H,21-23H2,1-12H3. The van der Waals surface area contributed by atoms with E-state index in [2.05, 4.69) is 67.7 Å². The van der Waals surface area contributed by atoms with Gasteiger partial charge in [-0.1, -0.05) is 65.8 Å². The van der Waals surface area contributed by atoms with Crippen LogP contribution < -0.4 is 27.8 Å². The van der Waals surface area contributed by atoms with E-state index < -0.39 is 16.6 Å². The van der Waals surface area contributed by atoms with Gasteiger partial charge in [-0.05, 0) is 71.7 Å². The second kappa shape index (κ2) is 13.3. The van der Waals surface area contributed by atoms with Crippen LogP contribution in [-0.4, -0.2) is 51.2 Å². The van der Waals surface area contributed by atoms with Crippen LogP contribution in [0.5, 0.6) is 34.5 Å². The third-order valence-corrected chi connectivity index (χ3v) is 17.7. The number of fused-ring (bicyclic) bond motifs is 1. The van der Waals surface area contributed by atoms with Crippen molar-refractivity contribution in [2.75, 3.05) is 34.6 Å². The van der Waals surface area contributed by atoms with Crippen LogP contribution in [0.2, 0.25) is 36.3 Å². The first-order valence-corrected chi connectivity index (χ1v) is 21.1. The molecular weight excluding hydrogens is 605 g/mol. The van der Waals surface area contributed by atoms with Crippen LogP contribution in [0.15, 0.2) is 48.5 Å². The Hall–Kier alpha value is -3.19. The Kier molecular flexibility index (Phi) is 10.2. The molecule has 3 aromatic carbocycles. The predicted octanol–water partition coefficient (Wildman–Crippen LogP) is 9.48. The van der Waals surface area contributed by atoms with E-state index in [0.29, 0.717) is 34.1 Å². The fraction of sp³-hybridized carbons (Fsp3) is 0.486. The molecule has 0 atom stereocenters. The number of rotatable bonds is 12. The first kappa shape index (κ1) is 34.7. The van der Waals surface area contributed by atoms with Gasteiger partial charge in [-0.25, -0.2) is 0 Å². The Balaban J connectivity index is 1.85. The second-order valence-corrected chi connectivity index (χ2v) is 23.8. The predicted molar refractivity (Wildman–Crippen MR) is 184 cm³/mol. The van der Waals surface area contributed by atoms with Crippen LogP contribution in [0.1, 0.15) is 41.5 Å². The molecule has 0 aliphatic carbocycles. The Bertz CT molecular complexity index is 1340. The third-order valence-electron chi connectivity index (χ3n) is 9.01. The van der Waals surface area contributed by atoms with E-state index in [9.17, 15) is 0 Å². The summed E-state index contributed by atoms with van der Waals surface area (Å²) < 4.78 is 48.6. The molecule has 45 heavy (non-hydrogen) atoms. The Morgan fingerprint density at radius 1 is 0.578 bits per heavy atom. The third kappa shape index (κ3) is 7.46. The lowest BCUT2D eigenvalue weighted by atomic mass is 9.95. The normalized spacial score (nSPS) is 13.5. The van der Waals surface area contributed by atoms with E-state index in [1.54, 1.807) is 14.2 Å². The maximum absolute atomic E-state index is 6.54. The van der Waals surface area contributed by atoms with Crippen molar-refractivity contribution in [3.05, 3.63) is 48.5 Å². The molecule has 0 fully saturated rings. The zero-order valence-corrected chi connectivity index (χ0v) is 31.0. The summed E-state index contributed by atoms with van der Waals surface area (Å²) in [4.78, 5) is 0. The molecule has 0 bridgehead atoms.